The minimum atomic E-state index is -0.991. The molecule has 6 heteroatoms. The number of aliphatic hydroxyl groups excluding tert-OH is 2. The number of carbonyl (C=O) groups excluding carboxylic acids is 2. The van der Waals surface area contributed by atoms with Crippen LogP contribution in [0.15, 0.2) is 36.5 Å². The monoisotopic (exact) mass is 564 g/mol. The fourth-order valence-corrected chi connectivity index (χ4v) is 4.27. The molecule has 1 unspecified atom stereocenters. The number of ether oxygens (including phenoxy) is 2. The fraction of sp³-hybridized carbons (Fsp3) is 0.765. The maximum absolute atomic E-state index is 11.9. The number of allylic oxidation sites excluding steroid dienone is 5. The predicted octanol–water partition coefficient (Wildman–Crippen LogP) is 8.31. The van der Waals surface area contributed by atoms with Crippen molar-refractivity contribution in [1.29, 1.82) is 0 Å². The number of unbranched alkanes of at least 4 members (excludes halogenated alkanes) is 13. The minimum absolute atomic E-state index is 0.141. The Kier molecular flexibility index (Phi) is 28.6. The molecule has 232 valence electrons. The van der Waals surface area contributed by atoms with Crippen LogP contribution in [0.5, 0.6) is 0 Å². The quantitative estimate of drug-likeness (QED) is 0.0430. The molecule has 0 spiro atoms. The molecule has 0 aromatic heterocycles. The molecule has 0 amide bonds. The first-order valence-electron chi connectivity index (χ1n) is 16.1. The first-order valence-corrected chi connectivity index (χ1v) is 16.1. The average Bonchev–Trinajstić information content (AvgIpc) is 2.94. The van der Waals surface area contributed by atoms with Crippen LogP contribution < -0.4 is 0 Å². The van der Waals surface area contributed by atoms with E-state index in [9.17, 15) is 19.8 Å². The first-order chi connectivity index (χ1) is 19.5. The van der Waals surface area contributed by atoms with Gasteiger partial charge in [-0.1, -0.05) is 134 Å². The summed E-state index contributed by atoms with van der Waals surface area (Å²) in [6, 6.07) is 0. The number of hydrogen-bond acceptors (Lipinski definition) is 6. The Labute approximate surface area is 245 Å². The Hall–Kier alpha value is -1.92. The summed E-state index contributed by atoms with van der Waals surface area (Å²) in [5, 5.41) is 19.9. The zero-order chi connectivity index (χ0) is 29.5. The first kappa shape index (κ1) is 38.1. The van der Waals surface area contributed by atoms with Crippen LogP contribution in [0, 0.1) is 0 Å². The maximum Gasteiger partial charge on any atom is 0.305 e. The highest BCUT2D eigenvalue weighted by atomic mass is 16.6. The third-order valence-electron chi connectivity index (χ3n) is 6.74. The molecule has 0 rings (SSSR count). The van der Waals surface area contributed by atoms with Gasteiger partial charge in [0.15, 0.2) is 0 Å². The Morgan fingerprint density at radius 1 is 0.625 bits per heavy atom. The SMILES string of the molecule is CC/C=C/C/C=C/C=C/C(O)CCCCCCCC(=O)OC[C@H](O)COC(=O)CCCCCCCCCCCC. The van der Waals surface area contributed by atoms with Gasteiger partial charge in [-0.2, -0.15) is 0 Å². The van der Waals surface area contributed by atoms with Crippen molar-refractivity contribution in [1.82, 2.24) is 0 Å². The molecule has 0 saturated carbocycles. The van der Waals surface area contributed by atoms with E-state index in [1.165, 1.54) is 44.9 Å². The molecule has 0 aliphatic rings. The molecule has 0 aromatic carbocycles. The number of esters is 2. The lowest BCUT2D eigenvalue weighted by molar-refractivity contribution is -0.152. The molecule has 0 fully saturated rings. The molecular formula is C34H60O6. The van der Waals surface area contributed by atoms with Crippen LogP contribution in [0.4, 0.5) is 0 Å². The number of aliphatic hydroxyl groups is 2. The average molecular weight is 565 g/mol. The van der Waals surface area contributed by atoms with Gasteiger partial charge in [-0.05, 0) is 32.1 Å². The van der Waals surface area contributed by atoms with Gasteiger partial charge in [0.25, 0.3) is 0 Å². The summed E-state index contributed by atoms with van der Waals surface area (Å²) in [5.41, 5.74) is 0. The van der Waals surface area contributed by atoms with Gasteiger partial charge in [-0.15, -0.1) is 0 Å². The Morgan fingerprint density at radius 3 is 1.65 bits per heavy atom. The summed E-state index contributed by atoms with van der Waals surface area (Å²) in [6.45, 7) is 4.05. The third kappa shape index (κ3) is 29.1. The van der Waals surface area contributed by atoms with E-state index < -0.39 is 12.2 Å². The molecule has 0 aliphatic carbocycles. The van der Waals surface area contributed by atoms with Crippen molar-refractivity contribution in [3.8, 4) is 0 Å². The van der Waals surface area contributed by atoms with Gasteiger partial charge in [-0.3, -0.25) is 9.59 Å². The molecule has 2 atom stereocenters. The molecule has 0 heterocycles. The van der Waals surface area contributed by atoms with E-state index in [0.717, 1.165) is 70.6 Å². The zero-order valence-electron chi connectivity index (χ0n) is 25.7. The predicted molar refractivity (Wildman–Crippen MR) is 165 cm³/mol. The Bertz CT molecular complexity index is 669. The van der Waals surface area contributed by atoms with Crippen LogP contribution in [0.25, 0.3) is 0 Å². The molecule has 0 aromatic rings. The van der Waals surface area contributed by atoms with Crippen molar-refractivity contribution in [3.05, 3.63) is 36.5 Å². The van der Waals surface area contributed by atoms with Crippen molar-refractivity contribution in [2.45, 2.75) is 154 Å². The summed E-state index contributed by atoms with van der Waals surface area (Å²) in [7, 11) is 0. The van der Waals surface area contributed by atoms with Gasteiger partial charge < -0.3 is 19.7 Å². The molecule has 6 nitrogen and oxygen atoms in total. The normalized spacial score (nSPS) is 13.4. The van der Waals surface area contributed by atoms with E-state index in [0.29, 0.717) is 12.8 Å². The van der Waals surface area contributed by atoms with Gasteiger partial charge in [0.2, 0.25) is 0 Å². The van der Waals surface area contributed by atoms with Crippen molar-refractivity contribution in [2.24, 2.45) is 0 Å². The Balaban J connectivity index is 3.57. The highest BCUT2D eigenvalue weighted by molar-refractivity contribution is 5.69. The van der Waals surface area contributed by atoms with E-state index in [1.54, 1.807) is 0 Å². The topological polar surface area (TPSA) is 93.1 Å². The maximum atomic E-state index is 11.9. The lowest BCUT2D eigenvalue weighted by atomic mass is 10.1. The van der Waals surface area contributed by atoms with Crippen molar-refractivity contribution < 1.29 is 29.3 Å². The van der Waals surface area contributed by atoms with Crippen LogP contribution in [0.3, 0.4) is 0 Å². The van der Waals surface area contributed by atoms with Crippen molar-refractivity contribution >= 4 is 11.9 Å². The van der Waals surface area contributed by atoms with E-state index in [-0.39, 0.29) is 25.2 Å². The molecule has 0 aliphatic heterocycles. The summed E-state index contributed by atoms with van der Waals surface area (Å²) in [4.78, 5) is 23.7. The molecular weight excluding hydrogens is 504 g/mol. The largest absolute Gasteiger partial charge is 0.463 e. The summed E-state index contributed by atoms with van der Waals surface area (Å²) < 4.78 is 10.2. The van der Waals surface area contributed by atoms with Gasteiger partial charge in [0.05, 0.1) is 6.10 Å². The van der Waals surface area contributed by atoms with Gasteiger partial charge in [0.1, 0.15) is 19.3 Å². The van der Waals surface area contributed by atoms with Gasteiger partial charge in [0, 0.05) is 12.8 Å². The summed E-state index contributed by atoms with van der Waals surface area (Å²) in [6.07, 6.45) is 30.7. The smallest absolute Gasteiger partial charge is 0.305 e. The van der Waals surface area contributed by atoms with Crippen LogP contribution in [-0.4, -0.2) is 47.6 Å². The minimum Gasteiger partial charge on any atom is -0.463 e. The molecule has 0 radical (unpaired) electrons. The van der Waals surface area contributed by atoms with Crippen LogP contribution in [-0.2, 0) is 19.1 Å². The number of carbonyl (C=O) groups is 2. The van der Waals surface area contributed by atoms with E-state index in [2.05, 4.69) is 32.1 Å². The number of hydrogen-bond donors (Lipinski definition) is 2. The zero-order valence-corrected chi connectivity index (χ0v) is 25.7. The molecule has 40 heavy (non-hydrogen) atoms. The number of rotatable bonds is 28. The van der Waals surface area contributed by atoms with E-state index in [4.69, 9.17) is 9.47 Å². The second kappa shape index (κ2) is 30.0. The second-order valence-electron chi connectivity index (χ2n) is 10.8. The molecule has 2 N–H and O–H groups in total. The van der Waals surface area contributed by atoms with Crippen molar-refractivity contribution in [2.75, 3.05) is 13.2 Å². The molecule has 0 bridgehead atoms. The Morgan fingerprint density at radius 2 is 1.12 bits per heavy atom. The highest BCUT2D eigenvalue weighted by Crippen LogP contribution is 2.12. The fourth-order valence-electron chi connectivity index (χ4n) is 4.27. The lowest BCUT2D eigenvalue weighted by Crippen LogP contribution is -2.25. The van der Waals surface area contributed by atoms with Crippen LogP contribution >= 0.6 is 0 Å². The molecule has 0 saturated heterocycles. The van der Waals surface area contributed by atoms with Crippen molar-refractivity contribution in [3.63, 3.8) is 0 Å². The van der Waals surface area contributed by atoms with E-state index >= 15 is 0 Å². The van der Waals surface area contributed by atoms with Crippen LogP contribution in [0.2, 0.25) is 0 Å². The van der Waals surface area contributed by atoms with Crippen LogP contribution in [0.1, 0.15) is 142 Å². The highest BCUT2D eigenvalue weighted by Gasteiger charge is 2.12. The van der Waals surface area contributed by atoms with Gasteiger partial charge in [-0.25, -0.2) is 0 Å². The summed E-state index contributed by atoms with van der Waals surface area (Å²) >= 11 is 0. The summed E-state index contributed by atoms with van der Waals surface area (Å²) in [5.74, 6) is -0.643. The third-order valence-corrected chi connectivity index (χ3v) is 6.74. The standard InChI is InChI=1S/C34H60O6/c1-3-5-7-9-11-12-13-15-19-23-27-33(37)39-29-32(36)30-40-34(38)28-24-20-16-18-22-26-31(35)25-21-17-14-10-8-6-4-2/h6,8,14,17,21,25,31-32,35-36H,3-5,7,9-13,15-16,18-20,22-24,26-30H2,1-2H3/b8-6+,17-14+,25-21+/t31?,32-/m1/s1. The van der Waals surface area contributed by atoms with E-state index in [1.807, 2.05) is 18.2 Å². The second-order valence-corrected chi connectivity index (χ2v) is 10.8. The lowest BCUT2D eigenvalue weighted by Gasteiger charge is -2.12. The van der Waals surface area contributed by atoms with Gasteiger partial charge >= 0.3 is 11.9 Å².